The largest absolute Gasteiger partial charge is 0.479 e. The van der Waals surface area contributed by atoms with Crippen molar-refractivity contribution in [1.29, 1.82) is 0 Å². The number of nitrogens with two attached hydrogens (primary N) is 1. The molecule has 1 unspecified atom stereocenters. The minimum Gasteiger partial charge on any atom is -0.479 e. The van der Waals surface area contributed by atoms with Crippen LogP contribution in [0.3, 0.4) is 0 Å². The molecule has 8 heteroatoms. The molecule has 0 aliphatic heterocycles. The molecule has 3 N–H and O–H groups in total. The fourth-order valence-electron chi connectivity index (χ4n) is 1.47. The molecule has 1 atom stereocenters. The Morgan fingerprint density at radius 2 is 2.10 bits per heavy atom. The highest BCUT2D eigenvalue weighted by atomic mass is 32.1. The van der Waals surface area contributed by atoms with Gasteiger partial charge in [-0.15, -0.1) is 0 Å². The Bertz CT molecular complexity index is 531. The summed E-state index contributed by atoms with van der Waals surface area (Å²) in [7, 11) is 0. The van der Waals surface area contributed by atoms with Crippen molar-refractivity contribution < 1.29 is 27.8 Å². The van der Waals surface area contributed by atoms with E-state index in [1.54, 1.807) is 0 Å². The van der Waals surface area contributed by atoms with E-state index in [9.17, 15) is 18.0 Å². The molecule has 1 aromatic carbocycles. The van der Waals surface area contributed by atoms with Crippen LogP contribution in [0.15, 0.2) is 18.2 Å². The maximum Gasteiger partial charge on any atom is 0.419 e. The molecule has 0 spiro atoms. The SMILES string of the molecule is CCC(Oc1ccc(C(N)=S)cc1C(F)(F)F)C(=O)O. The Morgan fingerprint density at radius 1 is 1.50 bits per heavy atom. The standard InChI is InChI=1S/C12H12F3NO3S/c1-2-8(11(17)18)19-9-4-3-6(10(16)20)5-7(9)12(13,14)15/h3-5,8H,2H2,1H3,(H2,16,20)(H,17,18). The average Bonchev–Trinajstić information content (AvgIpc) is 2.34. The predicted molar refractivity (Wildman–Crippen MR) is 69.7 cm³/mol. The maximum atomic E-state index is 12.9. The van der Waals surface area contributed by atoms with Crippen LogP contribution in [0.1, 0.15) is 24.5 Å². The maximum absolute atomic E-state index is 12.9. The van der Waals surface area contributed by atoms with Crippen LogP contribution in [0.25, 0.3) is 0 Å². The van der Waals surface area contributed by atoms with Crippen molar-refractivity contribution in [1.82, 2.24) is 0 Å². The second-order valence-corrected chi connectivity index (χ2v) is 4.37. The van der Waals surface area contributed by atoms with E-state index in [0.29, 0.717) is 0 Å². The Hall–Kier alpha value is -1.83. The highest BCUT2D eigenvalue weighted by Crippen LogP contribution is 2.37. The number of carboxylic acid groups (broad SMARTS) is 1. The van der Waals surface area contributed by atoms with E-state index in [1.165, 1.54) is 13.0 Å². The van der Waals surface area contributed by atoms with Gasteiger partial charge in [0, 0.05) is 5.56 Å². The minimum atomic E-state index is -4.70. The van der Waals surface area contributed by atoms with Crippen molar-refractivity contribution >= 4 is 23.2 Å². The Kier molecular flexibility index (Phi) is 4.93. The van der Waals surface area contributed by atoms with Gasteiger partial charge < -0.3 is 15.6 Å². The van der Waals surface area contributed by atoms with Gasteiger partial charge in [0.25, 0.3) is 0 Å². The van der Waals surface area contributed by atoms with Gasteiger partial charge in [0.2, 0.25) is 0 Å². The molecule has 110 valence electrons. The fourth-order valence-corrected chi connectivity index (χ4v) is 1.60. The highest BCUT2D eigenvalue weighted by molar-refractivity contribution is 7.80. The number of hydrogen-bond acceptors (Lipinski definition) is 3. The second kappa shape index (κ2) is 6.08. The molecule has 1 rings (SSSR count). The van der Waals surface area contributed by atoms with Gasteiger partial charge in [-0.3, -0.25) is 0 Å². The lowest BCUT2D eigenvalue weighted by Crippen LogP contribution is -2.27. The lowest BCUT2D eigenvalue weighted by atomic mass is 10.1. The first-order valence-electron chi connectivity index (χ1n) is 5.57. The molecule has 0 amide bonds. The summed E-state index contributed by atoms with van der Waals surface area (Å²) in [5, 5.41) is 8.82. The smallest absolute Gasteiger partial charge is 0.419 e. The van der Waals surface area contributed by atoms with E-state index in [1.807, 2.05) is 0 Å². The lowest BCUT2D eigenvalue weighted by molar-refractivity contribution is -0.148. The predicted octanol–water partition coefficient (Wildman–Crippen LogP) is 2.58. The van der Waals surface area contributed by atoms with Gasteiger partial charge >= 0.3 is 12.1 Å². The van der Waals surface area contributed by atoms with Gasteiger partial charge in [-0.25, -0.2) is 4.79 Å². The van der Waals surface area contributed by atoms with Crippen LogP contribution in [0.2, 0.25) is 0 Å². The number of hydrogen-bond donors (Lipinski definition) is 2. The third kappa shape index (κ3) is 3.83. The van der Waals surface area contributed by atoms with Crippen molar-refractivity contribution in [2.45, 2.75) is 25.6 Å². The molecule has 0 aliphatic carbocycles. The Balaban J connectivity index is 3.25. The molecular weight excluding hydrogens is 295 g/mol. The number of ether oxygens (including phenoxy) is 1. The lowest BCUT2D eigenvalue weighted by Gasteiger charge is -2.18. The van der Waals surface area contributed by atoms with Crippen LogP contribution < -0.4 is 10.5 Å². The van der Waals surface area contributed by atoms with E-state index in [2.05, 4.69) is 12.2 Å². The van der Waals surface area contributed by atoms with Gasteiger partial charge in [-0.05, 0) is 24.6 Å². The van der Waals surface area contributed by atoms with E-state index >= 15 is 0 Å². The summed E-state index contributed by atoms with van der Waals surface area (Å²) in [5.41, 5.74) is 4.20. The summed E-state index contributed by atoms with van der Waals surface area (Å²) in [6.45, 7) is 1.50. The van der Waals surface area contributed by atoms with Crippen molar-refractivity contribution in [2.24, 2.45) is 5.73 Å². The number of aliphatic carboxylic acids is 1. The van der Waals surface area contributed by atoms with E-state index in [4.69, 9.17) is 15.6 Å². The Morgan fingerprint density at radius 3 is 2.50 bits per heavy atom. The van der Waals surface area contributed by atoms with Gasteiger partial charge in [0.05, 0.1) is 5.56 Å². The van der Waals surface area contributed by atoms with Gasteiger partial charge in [-0.2, -0.15) is 13.2 Å². The molecule has 0 heterocycles. The summed E-state index contributed by atoms with van der Waals surface area (Å²) >= 11 is 4.62. The minimum absolute atomic E-state index is 0.0306. The molecule has 1 aromatic rings. The third-order valence-electron chi connectivity index (χ3n) is 2.48. The molecule has 20 heavy (non-hydrogen) atoms. The molecular formula is C12H12F3NO3S. The zero-order chi connectivity index (χ0) is 15.5. The van der Waals surface area contributed by atoms with E-state index in [-0.39, 0.29) is 17.0 Å². The van der Waals surface area contributed by atoms with E-state index < -0.39 is 29.6 Å². The number of halogens is 3. The monoisotopic (exact) mass is 307 g/mol. The first-order valence-corrected chi connectivity index (χ1v) is 5.98. The summed E-state index contributed by atoms with van der Waals surface area (Å²) in [5.74, 6) is -1.90. The summed E-state index contributed by atoms with van der Waals surface area (Å²) in [4.78, 5) is 10.6. The molecule has 0 saturated heterocycles. The molecule has 0 bridgehead atoms. The summed E-state index contributed by atoms with van der Waals surface area (Å²) in [6, 6.07) is 3.01. The first-order chi connectivity index (χ1) is 9.16. The highest BCUT2D eigenvalue weighted by Gasteiger charge is 2.36. The van der Waals surface area contributed by atoms with Crippen molar-refractivity contribution in [3.8, 4) is 5.75 Å². The topological polar surface area (TPSA) is 72.5 Å². The van der Waals surface area contributed by atoms with Gasteiger partial charge in [0.15, 0.2) is 6.10 Å². The van der Waals surface area contributed by atoms with Crippen LogP contribution in [-0.2, 0) is 11.0 Å². The molecule has 0 saturated carbocycles. The molecule has 0 radical (unpaired) electrons. The number of benzene rings is 1. The van der Waals surface area contributed by atoms with E-state index in [0.717, 1.165) is 12.1 Å². The zero-order valence-corrected chi connectivity index (χ0v) is 11.2. The van der Waals surface area contributed by atoms with Crippen molar-refractivity contribution in [2.75, 3.05) is 0 Å². The quantitative estimate of drug-likeness (QED) is 0.818. The summed E-state index contributed by atoms with van der Waals surface area (Å²) < 4.78 is 43.7. The number of carboxylic acids is 1. The Labute approximate surface area is 118 Å². The van der Waals surface area contributed by atoms with Crippen molar-refractivity contribution in [3.05, 3.63) is 29.3 Å². The normalized spacial score (nSPS) is 12.8. The first kappa shape index (κ1) is 16.2. The molecule has 0 aromatic heterocycles. The molecule has 4 nitrogen and oxygen atoms in total. The second-order valence-electron chi connectivity index (χ2n) is 3.93. The molecule has 0 fully saturated rings. The van der Waals surface area contributed by atoms with Crippen LogP contribution in [-0.4, -0.2) is 22.2 Å². The number of carbonyl (C=O) groups is 1. The van der Waals surface area contributed by atoms with Crippen LogP contribution in [0, 0.1) is 0 Å². The third-order valence-corrected chi connectivity index (χ3v) is 2.72. The summed E-state index contributed by atoms with van der Waals surface area (Å²) in [6.07, 6.45) is -6.02. The van der Waals surface area contributed by atoms with Crippen LogP contribution >= 0.6 is 12.2 Å². The number of thiocarbonyl (C=S) groups is 1. The fraction of sp³-hybridized carbons (Fsp3) is 0.333. The zero-order valence-electron chi connectivity index (χ0n) is 10.4. The van der Waals surface area contributed by atoms with Crippen LogP contribution in [0.4, 0.5) is 13.2 Å². The average molecular weight is 307 g/mol. The van der Waals surface area contributed by atoms with Gasteiger partial charge in [-0.1, -0.05) is 19.1 Å². The molecule has 0 aliphatic rings. The number of rotatable bonds is 5. The van der Waals surface area contributed by atoms with Crippen molar-refractivity contribution in [3.63, 3.8) is 0 Å². The van der Waals surface area contributed by atoms with Gasteiger partial charge in [0.1, 0.15) is 10.7 Å². The van der Waals surface area contributed by atoms with Crippen LogP contribution in [0.5, 0.6) is 5.75 Å². The number of alkyl halides is 3.